The summed E-state index contributed by atoms with van der Waals surface area (Å²) in [5.74, 6) is -2.03. The van der Waals surface area contributed by atoms with Crippen molar-refractivity contribution in [1.82, 2.24) is 4.98 Å². The zero-order valence-corrected chi connectivity index (χ0v) is 12.2. The van der Waals surface area contributed by atoms with E-state index in [2.05, 4.69) is 20.9 Å². The van der Waals surface area contributed by atoms with Crippen molar-refractivity contribution in [2.45, 2.75) is 4.90 Å². The van der Waals surface area contributed by atoms with Crippen LogP contribution in [0.15, 0.2) is 40.0 Å². The SMILES string of the molecule is Nc1cc(NS(=O)(=O)c2cncc(Br)c2)c(F)cc1F. The molecule has 0 aliphatic carbocycles. The number of halogens is 3. The second-order valence-corrected chi connectivity index (χ2v) is 6.40. The van der Waals surface area contributed by atoms with E-state index in [1.54, 1.807) is 0 Å². The summed E-state index contributed by atoms with van der Waals surface area (Å²) in [7, 11) is -4.05. The topological polar surface area (TPSA) is 85.1 Å². The highest BCUT2D eigenvalue weighted by Crippen LogP contribution is 2.24. The Labute approximate surface area is 122 Å². The maximum Gasteiger partial charge on any atom is 0.263 e. The molecule has 0 aliphatic heterocycles. The number of benzene rings is 1. The number of nitrogen functional groups attached to an aromatic ring is 1. The van der Waals surface area contributed by atoms with Gasteiger partial charge in [0.05, 0.1) is 11.4 Å². The molecule has 0 saturated heterocycles. The van der Waals surface area contributed by atoms with Gasteiger partial charge in [-0.2, -0.15) is 0 Å². The van der Waals surface area contributed by atoms with Crippen LogP contribution < -0.4 is 10.5 Å². The number of nitrogens with two attached hydrogens (primary N) is 1. The fraction of sp³-hybridized carbons (Fsp3) is 0. The minimum atomic E-state index is -4.05. The largest absolute Gasteiger partial charge is 0.396 e. The summed E-state index contributed by atoms with van der Waals surface area (Å²) in [5, 5.41) is 0. The number of aromatic nitrogens is 1. The van der Waals surface area contributed by atoms with E-state index in [1.165, 1.54) is 12.3 Å². The fourth-order valence-corrected chi connectivity index (χ4v) is 2.95. The normalized spacial score (nSPS) is 11.3. The van der Waals surface area contributed by atoms with E-state index in [1.807, 2.05) is 4.72 Å². The van der Waals surface area contributed by atoms with Crippen molar-refractivity contribution < 1.29 is 17.2 Å². The molecule has 0 atom stereocenters. The molecular weight excluding hydrogens is 356 g/mol. The molecule has 106 valence electrons. The predicted molar refractivity (Wildman–Crippen MR) is 73.5 cm³/mol. The molecule has 9 heteroatoms. The van der Waals surface area contributed by atoms with Crippen LogP contribution in [0.4, 0.5) is 20.2 Å². The van der Waals surface area contributed by atoms with E-state index >= 15 is 0 Å². The van der Waals surface area contributed by atoms with Gasteiger partial charge >= 0.3 is 0 Å². The van der Waals surface area contributed by atoms with Gasteiger partial charge in [-0.25, -0.2) is 17.2 Å². The van der Waals surface area contributed by atoms with Gasteiger partial charge in [0.1, 0.15) is 16.5 Å². The lowest BCUT2D eigenvalue weighted by Crippen LogP contribution is -2.14. The number of rotatable bonds is 3. The summed E-state index contributed by atoms with van der Waals surface area (Å²) in [5.41, 5.74) is 4.47. The Hall–Kier alpha value is -1.74. The Bertz CT molecular complexity index is 768. The van der Waals surface area contributed by atoms with Gasteiger partial charge in [-0.05, 0) is 28.1 Å². The standard InChI is InChI=1S/C11H8BrF2N3O2S/c12-6-1-7(5-16-4-6)20(18,19)17-11-3-10(15)8(13)2-9(11)14/h1-5,17H,15H2. The van der Waals surface area contributed by atoms with Gasteiger partial charge in [-0.15, -0.1) is 0 Å². The minimum absolute atomic E-state index is 0.172. The molecule has 0 saturated carbocycles. The molecule has 1 heterocycles. The summed E-state index contributed by atoms with van der Waals surface area (Å²) < 4.78 is 53.0. The number of pyridine rings is 1. The minimum Gasteiger partial charge on any atom is -0.396 e. The molecule has 1 aromatic carbocycles. The molecule has 0 radical (unpaired) electrons. The molecule has 20 heavy (non-hydrogen) atoms. The lowest BCUT2D eigenvalue weighted by atomic mass is 10.2. The number of nitrogens with one attached hydrogen (secondary N) is 1. The highest BCUT2D eigenvalue weighted by atomic mass is 79.9. The van der Waals surface area contributed by atoms with Crippen LogP contribution in [-0.2, 0) is 10.0 Å². The number of hydrogen-bond donors (Lipinski definition) is 2. The van der Waals surface area contributed by atoms with Crippen molar-refractivity contribution in [1.29, 1.82) is 0 Å². The molecule has 5 nitrogen and oxygen atoms in total. The van der Waals surface area contributed by atoms with Gasteiger partial charge < -0.3 is 5.73 Å². The van der Waals surface area contributed by atoms with Gasteiger partial charge in [0.2, 0.25) is 0 Å². The first-order valence-corrected chi connectivity index (χ1v) is 7.45. The second-order valence-electron chi connectivity index (χ2n) is 3.80. The van der Waals surface area contributed by atoms with E-state index in [-0.39, 0.29) is 10.6 Å². The van der Waals surface area contributed by atoms with E-state index in [4.69, 9.17) is 5.73 Å². The number of anilines is 2. The second kappa shape index (κ2) is 5.33. The van der Waals surface area contributed by atoms with E-state index in [0.29, 0.717) is 10.5 Å². The zero-order valence-electron chi connectivity index (χ0n) is 9.77. The molecule has 0 spiro atoms. The van der Waals surface area contributed by atoms with E-state index < -0.39 is 27.3 Å². The molecule has 2 aromatic rings. The third kappa shape index (κ3) is 3.05. The number of sulfonamides is 1. The van der Waals surface area contributed by atoms with Crippen molar-refractivity contribution in [2.24, 2.45) is 0 Å². The van der Waals surface area contributed by atoms with E-state index in [9.17, 15) is 17.2 Å². The molecule has 0 bridgehead atoms. The van der Waals surface area contributed by atoms with Gasteiger partial charge in [0, 0.05) is 22.9 Å². The highest BCUT2D eigenvalue weighted by Gasteiger charge is 2.18. The maximum absolute atomic E-state index is 13.5. The van der Waals surface area contributed by atoms with Crippen molar-refractivity contribution in [3.8, 4) is 0 Å². The number of hydrogen-bond acceptors (Lipinski definition) is 4. The van der Waals surface area contributed by atoms with Gasteiger partial charge in [0.15, 0.2) is 0 Å². The molecule has 0 fully saturated rings. The Kier molecular flexibility index (Phi) is 3.91. The maximum atomic E-state index is 13.5. The first-order valence-electron chi connectivity index (χ1n) is 5.17. The fourth-order valence-electron chi connectivity index (χ4n) is 1.39. The Morgan fingerprint density at radius 3 is 2.50 bits per heavy atom. The lowest BCUT2D eigenvalue weighted by Gasteiger charge is -2.10. The molecule has 0 amide bonds. The van der Waals surface area contributed by atoms with Crippen molar-refractivity contribution in [3.05, 3.63) is 46.7 Å². The van der Waals surface area contributed by atoms with Gasteiger partial charge in [-0.1, -0.05) is 0 Å². The van der Waals surface area contributed by atoms with Crippen LogP contribution >= 0.6 is 15.9 Å². The van der Waals surface area contributed by atoms with Crippen LogP contribution in [-0.4, -0.2) is 13.4 Å². The summed E-state index contributed by atoms with van der Waals surface area (Å²) in [6.45, 7) is 0. The molecule has 3 N–H and O–H groups in total. The third-order valence-corrected chi connectivity index (χ3v) is 4.09. The Morgan fingerprint density at radius 2 is 1.85 bits per heavy atom. The molecule has 1 aromatic heterocycles. The Balaban J connectivity index is 2.41. The summed E-state index contributed by atoms with van der Waals surface area (Å²) in [4.78, 5) is 3.53. The van der Waals surface area contributed by atoms with Crippen molar-refractivity contribution >= 4 is 37.3 Å². The molecule has 2 rings (SSSR count). The van der Waals surface area contributed by atoms with Crippen LogP contribution in [0.3, 0.4) is 0 Å². The lowest BCUT2D eigenvalue weighted by molar-refractivity contribution is 0.585. The molecule has 0 aliphatic rings. The first-order chi connectivity index (χ1) is 9.29. The average Bonchev–Trinajstić information content (AvgIpc) is 2.36. The number of nitrogens with zero attached hydrogens (tertiary/aromatic N) is 1. The van der Waals surface area contributed by atoms with Crippen LogP contribution in [0.1, 0.15) is 0 Å². The van der Waals surface area contributed by atoms with Crippen LogP contribution in [0, 0.1) is 11.6 Å². The monoisotopic (exact) mass is 363 g/mol. The Morgan fingerprint density at radius 1 is 1.15 bits per heavy atom. The summed E-state index contributed by atoms with van der Waals surface area (Å²) in [6, 6.07) is 2.67. The average molecular weight is 364 g/mol. The molecule has 0 unspecified atom stereocenters. The van der Waals surface area contributed by atoms with Crippen LogP contribution in [0.25, 0.3) is 0 Å². The summed E-state index contributed by atoms with van der Waals surface area (Å²) >= 11 is 3.08. The van der Waals surface area contributed by atoms with Crippen molar-refractivity contribution in [2.75, 3.05) is 10.5 Å². The smallest absolute Gasteiger partial charge is 0.263 e. The highest BCUT2D eigenvalue weighted by molar-refractivity contribution is 9.10. The van der Waals surface area contributed by atoms with E-state index in [0.717, 1.165) is 12.3 Å². The van der Waals surface area contributed by atoms with Gasteiger partial charge in [0.25, 0.3) is 10.0 Å². The van der Waals surface area contributed by atoms with Gasteiger partial charge in [-0.3, -0.25) is 9.71 Å². The van der Waals surface area contributed by atoms with Crippen LogP contribution in [0.2, 0.25) is 0 Å². The quantitative estimate of drug-likeness (QED) is 0.820. The third-order valence-electron chi connectivity index (χ3n) is 2.32. The summed E-state index contributed by atoms with van der Waals surface area (Å²) in [6.07, 6.45) is 2.49. The van der Waals surface area contributed by atoms with Crippen LogP contribution in [0.5, 0.6) is 0 Å². The first kappa shape index (κ1) is 14.7. The predicted octanol–water partition coefficient (Wildman–Crippen LogP) is 2.51. The zero-order chi connectivity index (χ0) is 14.9. The molecular formula is C11H8BrF2N3O2S. The van der Waals surface area contributed by atoms with Crippen molar-refractivity contribution in [3.63, 3.8) is 0 Å².